The Bertz CT molecular complexity index is 689. The van der Waals surface area contributed by atoms with Crippen molar-refractivity contribution in [2.24, 2.45) is 28.6 Å². The van der Waals surface area contributed by atoms with Crippen LogP contribution in [-0.4, -0.2) is 17.4 Å². The molecule has 6 atom stereocenters. The molecule has 0 spiro atoms. The Morgan fingerprint density at radius 1 is 1.12 bits per heavy atom. The fourth-order valence-corrected chi connectivity index (χ4v) is 6.71. The summed E-state index contributed by atoms with van der Waals surface area (Å²) in [4.78, 5) is 23.6. The minimum atomic E-state index is -0.345. The zero-order valence-electron chi connectivity index (χ0n) is 15.9. The second-order valence-electron chi connectivity index (χ2n) is 9.45. The van der Waals surface area contributed by atoms with Gasteiger partial charge in [-0.05, 0) is 73.8 Å². The van der Waals surface area contributed by atoms with E-state index in [0.29, 0.717) is 24.2 Å². The van der Waals surface area contributed by atoms with Crippen LogP contribution >= 0.6 is 0 Å². The lowest BCUT2D eigenvalue weighted by atomic mass is 9.48. The molecule has 0 aromatic rings. The van der Waals surface area contributed by atoms with E-state index in [2.05, 4.69) is 32.9 Å². The number of allylic oxidation sites excluding steroid dienone is 4. The number of rotatable bonds is 1. The van der Waals surface area contributed by atoms with Gasteiger partial charge in [0.2, 0.25) is 0 Å². The predicted octanol–water partition coefficient (Wildman–Crippen LogP) is 4.62. The molecule has 0 amide bonds. The lowest BCUT2D eigenvalue weighted by molar-refractivity contribution is -0.175. The van der Waals surface area contributed by atoms with E-state index in [0.717, 1.165) is 32.1 Å². The molecule has 0 heterocycles. The molecule has 4 aliphatic rings. The minimum Gasteiger partial charge on any atom is -0.459 e. The zero-order chi connectivity index (χ0) is 18.0. The summed E-state index contributed by atoms with van der Waals surface area (Å²) in [6.07, 6.45) is 12.5. The lowest BCUT2D eigenvalue weighted by Gasteiger charge is -2.57. The van der Waals surface area contributed by atoms with Gasteiger partial charge < -0.3 is 4.74 Å². The first-order chi connectivity index (χ1) is 11.7. The van der Waals surface area contributed by atoms with E-state index in [1.807, 2.05) is 6.08 Å². The first kappa shape index (κ1) is 17.1. The summed E-state index contributed by atoms with van der Waals surface area (Å²) < 4.78 is 5.88. The summed E-state index contributed by atoms with van der Waals surface area (Å²) in [5.41, 5.74) is 1.08. The molecule has 4 aliphatic carbocycles. The van der Waals surface area contributed by atoms with Gasteiger partial charge in [-0.15, -0.1) is 0 Å². The van der Waals surface area contributed by atoms with Gasteiger partial charge in [-0.1, -0.05) is 26.0 Å². The Balaban J connectivity index is 1.71. The highest BCUT2D eigenvalue weighted by Gasteiger charge is 2.63. The van der Waals surface area contributed by atoms with Crippen LogP contribution in [0.4, 0.5) is 0 Å². The number of carbonyl (C=O) groups excluding carboxylic acids is 2. The van der Waals surface area contributed by atoms with Crippen LogP contribution in [0.3, 0.4) is 0 Å². The molecule has 0 saturated heterocycles. The van der Waals surface area contributed by atoms with Crippen molar-refractivity contribution in [3.63, 3.8) is 0 Å². The third-order valence-corrected chi connectivity index (χ3v) is 8.41. The van der Waals surface area contributed by atoms with E-state index < -0.39 is 0 Å². The molecular formula is C22H30O3. The highest BCUT2D eigenvalue weighted by atomic mass is 16.6. The van der Waals surface area contributed by atoms with Crippen LogP contribution in [-0.2, 0) is 14.3 Å². The van der Waals surface area contributed by atoms with Gasteiger partial charge in [-0.2, -0.15) is 0 Å². The van der Waals surface area contributed by atoms with Crippen molar-refractivity contribution in [1.82, 2.24) is 0 Å². The smallest absolute Gasteiger partial charge is 0.303 e. The number of ether oxygens (including phenoxy) is 1. The van der Waals surface area contributed by atoms with Gasteiger partial charge in [0, 0.05) is 18.8 Å². The summed E-state index contributed by atoms with van der Waals surface area (Å²) in [6.45, 7) is 8.39. The van der Waals surface area contributed by atoms with Crippen LogP contribution in [0.2, 0.25) is 0 Å². The maximum Gasteiger partial charge on any atom is 0.303 e. The van der Waals surface area contributed by atoms with E-state index >= 15 is 0 Å². The molecule has 0 N–H and O–H groups in total. The maximum atomic E-state index is 11.9. The molecule has 0 bridgehead atoms. The molecule has 0 aromatic carbocycles. The second-order valence-corrected chi connectivity index (χ2v) is 9.45. The van der Waals surface area contributed by atoms with E-state index in [1.54, 1.807) is 0 Å². The Labute approximate surface area is 150 Å². The highest BCUT2D eigenvalue weighted by molar-refractivity contribution is 5.92. The van der Waals surface area contributed by atoms with Crippen molar-refractivity contribution < 1.29 is 14.3 Å². The number of ketones is 1. The van der Waals surface area contributed by atoms with Gasteiger partial charge in [0.1, 0.15) is 5.60 Å². The maximum absolute atomic E-state index is 11.9. The van der Waals surface area contributed by atoms with E-state index in [1.165, 1.54) is 12.5 Å². The highest BCUT2D eigenvalue weighted by Crippen LogP contribution is 2.66. The lowest BCUT2D eigenvalue weighted by Crippen LogP contribution is -2.54. The van der Waals surface area contributed by atoms with Crippen molar-refractivity contribution in [3.8, 4) is 0 Å². The molecule has 4 rings (SSSR count). The van der Waals surface area contributed by atoms with Crippen molar-refractivity contribution in [3.05, 3.63) is 23.8 Å². The van der Waals surface area contributed by atoms with E-state index in [9.17, 15) is 9.59 Å². The molecule has 3 nitrogen and oxygen atoms in total. The van der Waals surface area contributed by atoms with Crippen LogP contribution in [0, 0.1) is 28.6 Å². The second kappa shape index (κ2) is 5.31. The summed E-state index contributed by atoms with van der Waals surface area (Å²) in [5, 5.41) is 0. The van der Waals surface area contributed by atoms with Crippen LogP contribution in [0.1, 0.15) is 66.2 Å². The molecule has 0 aromatic heterocycles. The van der Waals surface area contributed by atoms with E-state index in [4.69, 9.17) is 4.74 Å². The van der Waals surface area contributed by atoms with Crippen molar-refractivity contribution in [2.75, 3.05) is 0 Å². The topological polar surface area (TPSA) is 43.4 Å². The fraction of sp³-hybridized carbons (Fsp3) is 0.727. The van der Waals surface area contributed by atoms with Gasteiger partial charge in [0.05, 0.1) is 0 Å². The zero-order valence-corrected chi connectivity index (χ0v) is 15.9. The van der Waals surface area contributed by atoms with Crippen LogP contribution in [0.25, 0.3) is 0 Å². The molecular weight excluding hydrogens is 312 g/mol. The minimum absolute atomic E-state index is 0.0479. The van der Waals surface area contributed by atoms with Gasteiger partial charge >= 0.3 is 5.97 Å². The largest absolute Gasteiger partial charge is 0.459 e. The van der Waals surface area contributed by atoms with E-state index in [-0.39, 0.29) is 28.2 Å². The Kier molecular flexibility index (Phi) is 3.62. The Morgan fingerprint density at radius 3 is 2.56 bits per heavy atom. The summed E-state index contributed by atoms with van der Waals surface area (Å²) >= 11 is 0. The number of hydrogen-bond donors (Lipinski definition) is 0. The molecule has 25 heavy (non-hydrogen) atoms. The van der Waals surface area contributed by atoms with Crippen LogP contribution in [0.5, 0.6) is 0 Å². The SMILES string of the molecule is CC(=O)OC1(C)CCC2C3C=CC4=CC(=O)CC[C@]4(C)C3CC[C@@]21C. The number of esters is 1. The Morgan fingerprint density at radius 2 is 1.84 bits per heavy atom. The van der Waals surface area contributed by atoms with Crippen molar-refractivity contribution in [2.45, 2.75) is 71.8 Å². The van der Waals surface area contributed by atoms with Gasteiger partial charge in [-0.25, -0.2) is 0 Å². The summed E-state index contributed by atoms with van der Waals surface area (Å²) in [5.74, 6) is 1.82. The molecule has 4 unspecified atom stereocenters. The Hall–Kier alpha value is -1.38. The third-order valence-electron chi connectivity index (χ3n) is 8.41. The molecule has 136 valence electrons. The first-order valence-corrected chi connectivity index (χ1v) is 9.82. The average Bonchev–Trinajstić information content (AvgIpc) is 2.79. The standard InChI is InChI=1S/C22H30O3/c1-14(23)25-22(4)12-9-19-17-6-5-15-13-16(24)7-10-20(15,2)18(17)8-11-21(19,22)3/h5-6,13,17-19H,7-12H2,1-4H3/t17?,18?,19?,20-,21-,22?/m0/s1. The average molecular weight is 342 g/mol. The molecule has 0 radical (unpaired) electrons. The molecule has 3 heteroatoms. The van der Waals surface area contributed by atoms with Gasteiger partial charge in [-0.3, -0.25) is 9.59 Å². The summed E-state index contributed by atoms with van der Waals surface area (Å²) in [6, 6.07) is 0. The van der Waals surface area contributed by atoms with Crippen molar-refractivity contribution >= 4 is 11.8 Å². The predicted molar refractivity (Wildman–Crippen MR) is 96.8 cm³/mol. The quantitative estimate of drug-likeness (QED) is 0.653. The van der Waals surface area contributed by atoms with Crippen molar-refractivity contribution in [1.29, 1.82) is 0 Å². The number of hydrogen-bond acceptors (Lipinski definition) is 3. The molecule has 0 aliphatic heterocycles. The van der Waals surface area contributed by atoms with Gasteiger partial charge in [0.25, 0.3) is 0 Å². The summed E-state index contributed by atoms with van der Waals surface area (Å²) in [7, 11) is 0. The first-order valence-electron chi connectivity index (χ1n) is 9.82. The van der Waals surface area contributed by atoms with Gasteiger partial charge in [0.15, 0.2) is 5.78 Å². The molecule has 2 saturated carbocycles. The fourth-order valence-electron chi connectivity index (χ4n) is 6.71. The third kappa shape index (κ3) is 2.23. The number of fused-ring (bicyclic) bond motifs is 5. The molecule has 2 fully saturated rings. The number of carbonyl (C=O) groups is 2. The normalized spacial score (nSPS) is 48.2. The van der Waals surface area contributed by atoms with Crippen LogP contribution < -0.4 is 0 Å². The van der Waals surface area contributed by atoms with Crippen LogP contribution in [0.15, 0.2) is 23.8 Å². The monoisotopic (exact) mass is 342 g/mol.